The largest absolute Gasteiger partial charge is 0.466 e. The second kappa shape index (κ2) is 5.69. The van der Waals surface area contributed by atoms with Gasteiger partial charge < -0.3 is 15.0 Å². The van der Waals surface area contributed by atoms with E-state index in [1.165, 1.54) is 6.07 Å². The molecule has 0 fully saturated rings. The zero-order valence-electron chi connectivity index (χ0n) is 10.7. The molecule has 1 aromatic heterocycles. The lowest BCUT2D eigenvalue weighted by atomic mass is 10.3. The molecule has 0 atom stereocenters. The number of aromatic nitrogens is 2. The topological polar surface area (TPSA) is 70.1 Å². The molecule has 0 aliphatic rings. The third-order valence-corrected chi connectivity index (χ3v) is 2.83. The lowest BCUT2D eigenvalue weighted by molar-refractivity contribution is -0.143. The predicted octanol–water partition coefficient (Wildman–Crippen LogP) is 2.10. The molecule has 0 spiro atoms. The Labute approximate surface area is 110 Å². The zero-order chi connectivity index (χ0) is 13.8. The van der Waals surface area contributed by atoms with Gasteiger partial charge in [-0.2, -0.15) is 0 Å². The van der Waals surface area contributed by atoms with Crippen LogP contribution in [0.2, 0.25) is 0 Å². The number of aryl methyl sites for hydroxylation is 1. The lowest BCUT2D eigenvalue weighted by Crippen LogP contribution is -2.08. The van der Waals surface area contributed by atoms with Gasteiger partial charge in [0.2, 0.25) is 5.95 Å². The highest BCUT2D eigenvalue weighted by atomic mass is 19.1. The molecule has 1 heterocycles. The summed E-state index contributed by atoms with van der Waals surface area (Å²) in [6, 6.07) is 4.71. The van der Waals surface area contributed by atoms with E-state index in [1.807, 2.05) is 0 Å². The summed E-state index contributed by atoms with van der Waals surface area (Å²) in [5, 5.41) is 0. The summed E-state index contributed by atoms with van der Waals surface area (Å²) in [5.41, 5.74) is 6.67. The lowest BCUT2D eigenvalue weighted by Gasteiger charge is -2.06. The summed E-state index contributed by atoms with van der Waals surface area (Å²) in [7, 11) is 0. The highest BCUT2D eigenvalue weighted by Crippen LogP contribution is 2.20. The Bertz CT molecular complexity index is 595. The maximum atomic E-state index is 13.5. The summed E-state index contributed by atoms with van der Waals surface area (Å²) in [4.78, 5) is 15.2. The van der Waals surface area contributed by atoms with Crippen LogP contribution in [0.5, 0.6) is 0 Å². The minimum Gasteiger partial charge on any atom is -0.466 e. The smallest absolute Gasteiger partial charge is 0.305 e. The molecule has 0 amide bonds. The maximum Gasteiger partial charge on any atom is 0.305 e. The number of anilines is 1. The number of carbonyl (C=O) groups is 1. The van der Waals surface area contributed by atoms with Gasteiger partial charge in [-0.25, -0.2) is 9.37 Å². The Morgan fingerprint density at radius 2 is 2.32 bits per heavy atom. The Morgan fingerprint density at radius 3 is 3.05 bits per heavy atom. The van der Waals surface area contributed by atoms with Crippen LogP contribution in [0.3, 0.4) is 0 Å². The number of ether oxygens (including phenoxy) is 1. The fraction of sp³-hybridized carbons (Fsp3) is 0.385. The molecule has 0 saturated carbocycles. The fourth-order valence-electron chi connectivity index (χ4n) is 1.98. The maximum absolute atomic E-state index is 13.5. The van der Waals surface area contributed by atoms with Crippen LogP contribution in [0, 0.1) is 5.82 Å². The first kappa shape index (κ1) is 13.3. The molecule has 0 aliphatic carbocycles. The van der Waals surface area contributed by atoms with Gasteiger partial charge in [0.15, 0.2) is 5.82 Å². The second-order valence-corrected chi connectivity index (χ2v) is 4.14. The van der Waals surface area contributed by atoms with Crippen molar-refractivity contribution in [1.29, 1.82) is 0 Å². The Kier molecular flexibility index (Phi) is 3.99. The fourth-order valence-corrected chi connectivity index (χ4v) is 1.98. The number of nitrogen functional groups attached to an aromatic ring is 1. The molecule has 1 aromatic carbocycles. The number of benzene rings is 1. The molecule has 19 heavy (non-hydrogen) atoms. The van der Waals surface area contributed by atoms with E-state index in [4.69, 9.17) is 10.5 Å². The summed E-state index contributed by atoms with van der Waals surface area (Å²) < 4.78 is 20.1. The van der Waals surface area contributed by atoms with Gasteiger partial charge in [0, 0.05) is 13.0 Å². The van der Waals surface area contributed by atoms with E-state index < -0.39 is 5.82 Å². The number of halogens is 1. The van der Waals surface area contributed by atoms with Gasteiger partial charge in [-0.15, -0.1) is 0 Å². The van der Waals surface area contributed by atoms with E-state index in [-0.39, 0.29) is 17.4 Å². The Hall–Kier alpha value is -2.11. The number of hydrogen-bond acceptors (Lipinski definition) is 4. The molecule has 0 saturated heterocycles. The Balaban J connectivity index is 2.10. The van der Waals surface area contributed by atoms with Gasteiger partial charge in [0.25, 0.3) is 0 Å². The van der Waals surface area contributed by atoms with Gasteiger partial charge in [-0.1, -0.05) is 6.07 Å². The van der Waals surface area contributed by atoms with Crippen LogP contribution in [0.15, 0.2) is 18.2 Å². The van der Waals surface area contributed by atoms with Crippen molar-refractivity contribution in [3.63, 3.8) is 0 Å². The molecule has 0 aliphatic heterocycles. The molecule has 0 radical (unpaired) electrons. The van der Waals surface area contributed by atoms with Crippen molar-refractivity contribution < 1.29 is 13.9 Å². The number of imidazole rings is 1. The van der Waals surface area contributed by atoms with Crippen LogP contribution >= 0.6 is 0 Å². The van der Waals surface area contributed by atoms with E-state index in [2.05, 4.69) is 4.98 Å². The van der Waals surface area contributed by atoms with Crippen molar-refractivity contribution in [2.45, 2.75) is 26.3 Å². The van der Waals surface area contributed by atoms with Crippen molar-refractivity contribution >= 4 is 23.0 Å². The summed E-state index contributed by atoms with van der Waals surface area (Å²) in [5.74, 6) is -0.381. The van der Waals surface area contributed by atoms with Crippen molar-refractivity contribution in [3.05, 3.63) is 24.0 Å². The summed E-state index contributed by atoms with van der Waals surface area (Å²) in [6.07, 6.45) is 0.882. The van der Waals surface area contributed by atoms with Crippen LogP contribution in [-0.2, 0) is 16.1 Å². The van der Waals surface area contributed by atoms with E-state index in [0.29, 0.717) is 31.5 Å². The molecule has 5 nitrogen and oxygen atoms in total. The first-order chi connectivity index (χ1) is 9.13. The molecule has 6 heteroatoms. The summed E-state index contributed by atoms with van der Waals surface area (Å²) in [6.45, 7) is 2.65. The highest BCUT2D eigenvalue weighted by molar-refractivity contribution is 5.78. The number of hydrogen-bond donors (Lipinski definition) is 1. The first-order valence-electron chi connectivity index (χ1n) is 6.19. The standard InChI is InChI=1S/C13H16FN3O2/c1-2-19-11(18)7-4-8-17-10-6-3-5-9(14)12(10)16-13(17)15/h3,5-6H,2,4,7-8H2,1H3,(H2,15,16). The number of nitrogens with zero attached hydrogens (tertiary/aromatic N) is 2. The highest BCUT2D eigenvalue weighted by Gasteiger charge is 2.11. The SMILES string of the molecule is CCOC(=O)CCCn1c(N)nc2c(F)cccc21. The number of esters is 1. The number of nitrogens with two attached hydrogens (primary N) is 1. The minimum atomic E-state index is -0.395. The minimum absolute atomic E-state index is 0.239. The average Bonchev–Trinajstić information content (AvgIpc) is 2.68. The van der Waals surface area contributed by atoms with Crippen molar-refractivity contribution in [3.8, 4) is 0 Å². The average molecular weight is 265 g/mol. The van der Waals surface area contributed by atoms with E-state index >= 15 is 0 Å². The van der Waals surface area contributed by atoms with Crippen molar-refractivity contribution in [1.82, 2.24) is 9.55 Å². The second-order valence-electron chi connectivity index (χ2n) is 4.14. The molecular formula is C13H16FN3O2. The molecular weight excluding hydrogens is 249 g/mol. The van der Waals surface area contributed by atoms with Crippen LogP contribution in [-0.4, -0.2) is 22.1 Å². The summed E-state index contributed by atoms with van der Waals surface area (Å²) >= 11 is 0. The van der Waals surface area contributed by atoms with Crippen molar-refractivity contribution in [2.75, 3.05) is 12.3 Å². The molecule has 102 valence electrons. The Morgan fingerprint density at radius 1 is 1.53 bits per heavy atom. The van der Waals surface area contributed by atoms with Crippen molar-refractivity contribution in [2.24, 2.45) is 0 Å². The zero-order valence-corrected chi connectivity index (χ0v) is 10.7. The normalized spacial score (nSPS) is 10.8. The van der Waals surface area contributed by atoms with Gasteiger partial charge in [-0.3, -0.25) is 4.79 Å². The van der Waals surface area contributed by atoms with Gasteiger partial charge >= 0.3 is 5.97 Å². The molecule has 2 N–H and O–H groups in total. The van der Waals surface area contributed by atoms with Crippen LogP contribution in [0.1, 0.15) is 19.8 Å². The van der Waals surface area contributed by atoms with E-state index in [0.717, 1.165) is 0 Å². The van der Waals surface area contributed by atoms with E-state index in [9.17, 15) is 9.18 Å². The van der Waals surface area contributed by atoms with E-state index in [1.54, 1.807) is 23.6 Å². The van der Waals surface area contributed by atoms with Crippen LogP contribution < -0.4 is 5.73 Å². The van der Waals surface area contributed by atoms with Gasteiger partial charge in [-0.05, 0) is 25.5 Å². The molecule has 0 unspecified atom stereocenters. The predicted molar refractivity (Wildman–Crippen MR) is 70.0 cm³/mol. The van der Waals surface area contributed by atoms with Crippen LogP contribution in [0.4, 0.5) is 10.3 Å². The number of carbonyl (C=O) groups excluding carboxylic acids is 1. The monoisotopic (exact) mass is 265 g/mol. The molecule has 0 bridgehead atoms. The molecule has 2 aromatic rings. The third kappa shape index (κ3) is 2.83. The van der Waals surface area contributed by atoms with Gasteiger partial charge in [0.1, 0.15) is 5.52 Å². The molecule has 2 rings (SSSR count). The first-order valence-corrected chi connectivity index (χ1v) is 6.19. The number of rotatable bonds is 5. The van der Waals surface area contributed by atoms with Gasteiger partial charge in [0.05, 0.1) is 12.1 Å². The quantitative estimate of drug-likeness (QED) is 0.840. The third-order valence-electron chi connectivity index (χ3n) is 2.83. The number of fused-ring (bicyclic) bond motifs is 1. The number of para-hydroxylation sites is 1. The van der Waals surface area contributed by atoms with Crippen LogP contribution in [0.25, 0.3) is 11.0 Å².